The highest BCUT2D eigenvalue weighted by Crippen LogP contribution is 2.41. The summed E-state index contributed by atoms with van der Waals surface area (Å²) in [6, 6.07) is 23.4. The highest BCUT2D eigenvalue weighted by Gasteiger charge is 2.45. The molecule has 1 aromatic heterocycles. The molecule has 2 atom stereocenters. The molecule has 0 aliphatic carbocycles. The Labute approximate surface area is 201 Å². The summed E-state index contributed by atoms with van der Waals surface area (Å²) >= 11 is 0. The van der Waals surface area contributed by atoms with Gasteiger partial charge in [0.1, 0.15) is 0 Å². The number of anilines is 1. The number of imide groups is 1. The molecule has 7 heteroatoms. The van der Waals surface area contributed by atoms with Crippen molar-refractivity contribution in [2.75, 3.05) is 18.2 Å². The van der Waals surface area contributed by atoms with Gasteiger partial charge in [-0.25, -0.2) is 4.90 Å². The van der Waals surface area contributed by atoms with Crippen LogP contribution in [0.3, 0.4) is 0 Å². The molecule has 0 bridgehead atoms. The lowest BCUT2D eigenvalue weighted by molar-refractivity contribution is -0.123. The van der Waals surface area contributed by atoms with Crippen LogP contribution >= 0.6 is 0 Å². The van der Waals surface area contributed by atoms with E-state index in [0.29, 0.717) is 30.3 Å². The zero-order valence-electron chi connectivity index (χ0n) is 18.9. The number of amides is 2. The molecule has 0 unspecified atom stereocenters. The number of fused-ring (bicyclic) bond motifs is 4. The smallest absolute Gasteiger partial charge is 0.251 e. The summed E-state index contributed by atoms with van der Waals surface area (Å²) in [4.78, 5) is 33.7. The number of ether oxygens (including phenoxy) is 2. The topological polar surface area (TPSA) is 74.9 Å². The molecule has 0 spiro atoms. The first-order valence-corrected chi connectivity index (χ1v) is 11.8. The third-order valence-electron chi connectivity index (χ3n) is 7.33. The average molecular weight is 466 g/mol. The molecule has 1 saturated heterocycles. The van der Waals surface area contributed by atoms with Crippen molar-refractivity contribution in [1.82, 2.24) is 9.88 Å². The normalized spacial score (nSPS) is 21.7. The summed E-state index contributed by atoms with van der Waals surface area (Å²) in [5, 5.41) is 1.21. The Morgan fingerprint density at radius 3 is 2.57 bits per heavy atom. The van der Waals surface area contributed by atoms with Crippen molar-refractivity contribution in [2.24, 2.45) is 0 Å². The Morgan fingerprint density at radius 2 is 1.69 bits per heavy atom. The van der Waals surface area contributed by atoms with Gasteiger partial charge in [-0.2, -0.15) is 0 Å². The molecule has 3 aliphatic rings. The molecule has 7 nitrogen and oxygen atoms in total. The number of H-pyrrole nitrogens is 1. The molecule has 0 radical (unpaired) electrons. The van der Waals surface area contributed by atoms with E-state index in [9.17, 15) is 9.59 Å². The summed E-state index contributed by atoms with van der Waals surface area (Å²) < 4.78 is 10.8. The molecule has 35 heavy (non-hydrogen) atoms. The van der Waals surface area contributed by atoms with Crippen molar-refractivity contribution in [3.05, 3.63) is 89.6 Å². The van der Waals surface area contributed by atoms with Gasteiger partial charge in [0.2, 0.25) is 12.7 Å². The molecule has 174 valence electrons. The van der Waals surface area contributed by atoms with Gasteiger partial charge in [0.05, 0.1) is 18.2 Å². The van der Waals surface area contributed by atoms with Gasteiger partial charge < -0.3 is 14.5 Å². The van der Waals surface area contributed by atoms with Crippen LogP contribution < -0.4 is 14.4 Å². The van der Waals surface area contributed by atoms with E-state index >= 15 is 0 Å². The Hall–Kier alpha value is -4.10. The number of hydrogen-bond acceptors (Lipinski definition) is 5. The lowest BCUT2D eigenvalue weighted by atomic mass is 9.85. The van der Waals surface area contributed by atoms with Gasteiger partial charge in [-0.05, 0) is 29.3 Å². The third kappa shape index (κ3) is 3.15. The monoisotopic (exact) mass is 465 g/mol. The second-order valence-electron chi connectivity index (χ2n) is 9.28. The molecule has 0 saturated carbocycles. The van der Waals surface area contributed by atoms with Gasteiger partial charge in [-0.1, -0.05) is 48.5 Å². The van der Waals surface area contributed by atoms with Gasteiger partial charge >= 0.3 is 0 Å². The van der Waals surface area contributed by atoms with Crippen LogP contribution in [0.4, 0.5) is 5.69 Å². The zero-order valence-corrected chi connectivity index (χ0v) is 18.9. The van der Waals surface area contributed by atoms with Gasteiger partial charge in [0.25, 0.3) is 5.91 Å². The maximum absolute atomic E-state index is 13.6. The van der Waals surface area contributed by atoms with Crippen LogP contribution in [-0.4, -0.2) is 41.1 Å². The van der Waals surface area contributed by atoms with Gasteiger partial charge in [0.15, 0.2) is 11.5 Å². The van der Waals surface area contributed by atoms with Crippen LogP contribution in [0.2, 0.25) is 0 Å². The molecule has 4 heterocycles. The summed E-state index contributed by atoms with van der Waals surface area (Å²) in [7, 11) is 0. The Morgan fingerprint density at radius 1 is 0.886 bits per heavy atom. The minimum Gasteiger partial charge on any atom is -0.454 e. The fourth-order valence-electron chi connectivity index (χ4n) is 5.73. The molecule has 4 aromatic rings. The minimum absolute atomic E-state index is 0.0959. The van der Waals surface area contributed by atoms with Gasteiger partial charge in [-0.3, -0.25) is 14.5 Å². The summed E-state index contributed by atoms with van der Waals surface area (Å²) in [6.45, 7) is 1.40. The Balaban J connectivity index is 1.25. The maximum Gasteiger partial charge on any atom is 0.251 e. The van der Waals surface area contributed by atoms with Crippen LogP contribution in [0.1, 0.15) is 29.2 Å². The van der Waals surface area contributed by atoms with E-state index in [1.807, 2.05) is 12.1 Å². The first-order chi connectivity index (χ1) is 17.2. The fraction of sp³-hybridized carbons (Fsp3) is 0.214. The molecule has 1 fully saturated rings. The van der Waals surface area contributed by atoms with E-state index in [1.54, 1.807) is 18.2 Å². The number of aromatic amines is 1. The van der Waals surface area contributed by atoms with Crippen LogP contribution in [0.5, 0.6) is 11.5 Å². The van der Waals surface area contributed by atoms with Crippen LogP contribution in [0.15, 0.2) is 72.8 Å². The first-order valence-electron chi connectivity index (χ1n) is 11.8. The number of benzene rings is 3. The molecule has 3 aromatic carbocycles. The lowest BCUT2D eigenvalue weighted by Crippen LogP contribution is -2.45. The number of hydrogen-bond donors (Lipinski definition) is 1. The maximum atomic E-state index is 13.6. The number of para-hydroxylation sites is 1. The van der Waals surface area contributed by atoms with Crippen molar-refractivity contribution in [3.8, 4) is 11.5 Å². The fourth-order valence-corrected chi connectivity index (χ4v) is 5.73. The molecule has 2 amide bonds. The second kappa shape index (κ2) is 7.71. The largest absolute Gasteiger partial charge is 0.454 e. The highest BCUT2D eigenvalue weighted by molar-refractivity contribution is 6.22. The molecular formula is C28H23N3O4. The highest BCUT2D eigenvalue weighted by atomic mass is 16.7. The quantitative estimate of drug-likeness (QED) is 0.460. The number of carbonyl (C=O) groups is 2. The van der Waals surface area contributed by atoms with Crippen LogP contribution in [0.25, 0.3) is 10.9 Å². The van der Waals surface area contributed by atoms with Crippen molar-refractivity contribution in [1.29, 1.82) is 0 Å². The lowest BCUT2D eigenvalue weighted by Gasteiger charge is -2.36. The molecular weight excluding hydrogens is 442 g/mol. The van der Waals surface area contributed by atoms with Crippen molar-refractivity contribution < 1.29 is 19.1 Å². The SMILES string of the molecule is O=C1C[C@@H](N2Cc3[nH]c4ccccc4c3[C@H](c3ccccc3)C2)C(=O)N1c1ccc2c(c1)OCO2. The number of rotatable bonds is 3. The predicted molar refractivity (Wildman–Crippen MR) is 130 cm³/mol. The van der Waals surface area contributed by atoms with Crippen LogP contribution in [-0.2, 0) is 16.1 Å². The second-order valence-corrected chi connectivity index (χ2v) is 9.28. The zero-order chi connectivity index (χ0) is 23.5. The van der Waals surface area contributed by atoms with E-state index in [0.717, 1.165) is 11.2 Å². The number of aromatic nitrogens is 1. The number of carbonyl (C=O) groups excluding carboxylic acids is 2. The van der Waals surface area contributed by atoms with Gasteiger partial charge in [-0.15, -0.1) is 0 Å². The molecule has 7 rings (SSSR count). The summed E-state index contributed by atoms with van der Waals surface area (Å²) in [6.07, 6.45) is 0.157. The third-order valence-corrected chi connectivity index (χ3v) is 7.33. The van der Waals surface area contributed by atoms with E-state index in [2.05, 4.69) is 52.3 Å². The standard InChI is InChI=1S/C28H23N3O4/c32-26-13-23(28(33)31(26)18-10-11-24-25(12-18)35-16-34-24)30-14-20(17-6-2-1-3-7-17)27-19-8-4-5-9-21(19)29-22(27)15-30/h1-12,20,23,29H,13-16H2/t20-,23+/m0/s1. The number of nitrogens with zero attached hydrogens (tertiary/aromatic N) is 2. The van der Waals surface area contributed by atoms with E-state index in [1.165, 1.54) is 21.4 Å². The molecule has 3 aliphatic heterocycles. The Bertz CT molecular complexity index is 1480. The average Bonchev–Trinajstić information content (AvgIpc) is 3.58. The van der Waals surface area contributed by atoms with Crippen molar-refractivity contribution in [2.45, 2.75) is 24.9 Å². The van der Waals surface area contributed by atoms with E-state index in [-0.39, 0.29) is 30.9 Å². The predicted octanol–water partition coefficient (Wildman–Crippen LogP) is 4.18. The minimum atomic E-state index is -0.515. The summed E-state index contributed by atoms with van der Waals surface area (Å²) in [5.74, 6) is 0.880. The van der Waals surface area contributed by atoms with E-state index in [4.69, 9.17) is 9.47 Å². The Kier molecular flexibility index (Phi) is 4.47. The van der Waals surface area contributed by atoms with Crippen LogP contribution in [0, 0.1) is 0 Å². The van der Waals surface area contributed by atoms with Crippen molar-refractivity contribution >= 4 is 28.4 Å². The number of nitrogens with one attached hydrogen (secondary N) is 1. The van der Waals surface area contributed by atoms with E-state index < -0.39 is 6.04 Å². The summed E-state index contributed by atoms with van der Waals surface area (Å²) in [5.41, 5.74) is 5.21. The first kappa shape index (κ1) is 20.3. The van der Waals surface area contributed by atoms with Gasteiger partial charge in [0, 0.05) is 41.7 Å². The van der Waals surface area contributed by atoms with Crippen molar-refractivity contribution in [3.63, 3.8) is 0 Å². The molecule has 1 N–H and O–H groups in total.